The molecule has 3 aromatic rings. The molecule has 0 bridgehead atoms. The lowest BCUT2D eigenvalue weighted by Crippen LogP contribution is -2.40. The summed E-state index contributed by atoms with van der Waals surface area (Å²) >= 11 is 6.26. The molecule has 1 amide bonds. The lowest BCUT2D eigenvalue weighted by atomic mass is 10.0. The van der Waals surface area contributed by atoms with Gasteiger partial charge in [-0.1, -0.05) is 17.7 Å². The Morgan fingerprint density at radius 3 is 2.59 bits per heavy atom. The highest BCUT2D eigenvalue weighted by Crippen LogP contribution is 2.31. The summed E-state index contributed by atoms with van der Waals surface area (Å²) in [5.41, 5.74) is 1.68. The highest BCUT2D eigenvalue weighted by Gasteiger charge is 2.28. The van der Waals surface area contributed by atoms with E-state index in [2.05, 4.69) is 9.97 Å². The van der Waals surface area contributed by atoms with Gasteiger partial charge in [-0.15, -0.1) is 12.4 Å². The number of nitrogens with zero attached hydrogens (tertiary/aromatic N) is 4. The Morgan fingerprint density at radius 1 is 1.26 bits per heavy atom. The number of likely N-dealkylation sites (tertiary alicyclic amines) is 1. The van der Waals surface area contributed by atoms with Crippen LogP contribution in [0.25, 0.3) is 11.0 Å². The van der Waals surface area contributed by atoms with E-state index in [0.29, 0.717) is 48.2 Å². The van der Waals surface area contributed by atoms with Crippen molar-refractivity contribution in [1.29, 1.82) is 0 Å². The Hall–Kier alpha value is -2.91. The van der Waals surface area contributed by atoms with Crippen molar-refractivity contribution in [2.45, 2.75) is 45.3 Å². The fourth-order valence-electron chi connectivity index (χ4n) is 4.12. The Kier molecular flexibility index (Phi) is 7.99. The van der Waals surface area contributed by atoms with E-state index in [9.17, 15) is 9.59 Å². The van der Waals surface area contributed by atoms with Gasteiger partial charge in [-0.3, -0.25) is 0 Å². The summed E-state index contributed by atoms with van der Waals surface area (Å²) in [5, 5.41) is 9.72. The van der Waals surface area contributed by atoms with Gasteiger partial charge in [0.1, 0.15) is 12.0 Å². The number of halogens is 3. The number of hydrogen-bond donors (Lipinski definition) is 1. The molecule has 34 heavy (non-hydrogen) atoms. The minimum absolute atomic E-state index is 0. The lowest BCUT2D eigenvalue weighted by molar-refractivity contribution is 0.0660. The number of ether oxygens (including phenoxy) is 1. The number of aromatic carboxylic acids is 1. The van der Waals surface area contributed by atoms with Crippen LogP contribution in [-0.2, 0) is 11.2 Å². The number of fused-ring (bicyclic) bond motifs is 1. The third-order valence-electron chi connectivity index (χ3n) is 5.75. The molecule has 0 aliphatic carbocycles. The first-order valence-electron chi connectivity index (χ1n) is 10.7. The summed E-state index contributed by atoms with van der Waals surface area (Å²) in [5.74, 6) is -1.50. The second-order valence-electron chi connectivity index (χ2n) is 8.34. The average Bonchev–Trinajstić information content (AvgIpc) is 3.12. The van der Waals surface area contributed by atoms with Crippen LogP contribution in [0.2, 0.25) is 5.02 Å². The maximum absolute atomic E-state index is 15.0. The number of carbonyl (C=O) groups is 2. The molecule has 1 aliphatic rings. The summed E-state index contributed by atoms with van der Waals surface area (Å²) in [6.45, 7) is 4.65. The van der Waals surface area contributed by atoms with Crippen molar-refractivity contribution in [2.24, 2.45) is 0 Å². The molecule has 2 aromatic heterocycles. The predicted octanol–water partition coefficient (Wildman–Crippen LogP) is 5.12. The molecule has 1 aromatic carbocycles. The van der Waals surface area contributed by atoms with Crippen LogP contribution in [0.4, 0.5) is 9.18 Å². The number of carbonyl (C=O) groups excluding carboxylic acids is 1. The molecule has 0 spiro atoms. The van der Waals surface area contributed by atoms with E-state index in [-0.39, 0.29) is 47.7 Å². The summed E-state index contributed by atoms with van der Waals surface area (Å²) in [4.78, 5) is 33.6. The Morgan fingerprint density at radius 2 is 1.97 bits per heavy atom. The molecule has 1 N–H and O–H groups in total. The zero-order valence-corrected chi connectivity index (χ0v) is 20.3. The highest BCUT2D eigenvalue weighted by atomic mass is 35.5. The van der Waals surface area contributed by atoms with Gasteiger partial charge < -0.3 is 19.3 Å². The monoisotopic (exact) mass is 510 g/mol. The van der Waals surface area contributed by atoms with Crippen molar-refractivity contribution in [3.63, 3.8) is 0 Å². The molecule has 0 unspecified atom stereocenters. The van der Waals surface area contributed by atoms with Gasteiger partial charge >= 0.3 is 12.1 Å². The van der Waals surface area contributed by atoms with Crippen LogP contribution in [-0.4, -0.2) is 55.8 Å². The normalized spacial score (nSPS) is 14.3. The molecule has 0 saturated carbocycles. The standard InChI is InChI=1S/C23H24ClFN4O4.ClH/c1-13(2)33-23(32)28-7-5-16(6-8-28)29-11-18(25)20-19(26-12-27-21(20)29)10-14-3-4-15(22(30)31)9-17(14)24;/h3-4,9,11-13,16H,5-8,10H2,1-2H3,(H,30,31);1H. The van der Waals surface area contributed by atoms with Gasteiger partial charge in [-0.2, -0.15) is 0 Å². The van der Waals surface area contributed by atoms with Crippen LogP contribution >= 0.6 is 24.0 Å². The second kappa shape index (κ2) is 10.6. The maximum atomic E-state index is 15.0. The molecular weight excluding hydrogens is 486 g/mol. The van der Waals surface area contributed by atoms with Gasteiger partial charge in [-0.05, 0) is 44.4 Å². The first-order valence-corrected chi connectivity index (χ1v) is 11.1. The first-order chi connectivity index (χ1) is 15.7. The smallest absolute Gasteiger partial charge is 0.410 e. The average molecular weight is 511 g/mol. The topological polar surface area (TPSA) is 97.5 Å². The summed E-state index contributed by atoms with van der Waals surface area (Å²) < 4.78 is 22.1. The molecule has 8 nitrogen and oxygen atoms in total. The summed E-state index contributed by atoms with van der Waals surface area (Å²) in [7, 11) is 0. The minimum Gasteiger partial charge on any atom is -0.478 e. The van der Waals surface area contributed by atoms with Crippen LogP contribution in [0.5, 0.6) is 0 Å². The van der Waals surface area contributed by atoms with Crippen molar-refractivity contribution in [2.75, 3.05) is 13.1 Å². The number of hydrogen-bond acceptors (Lipinski definition) is 5. The zero-order chi connectivity index (χ0) is 23.7. The van der Waals surface area contributed by atoms with E-state index >= 15 is 4.39 Å². The van der Waals surface area contributed by atoms with E-state index in [1.54, 1.807) is 11.0 Å². The van der Waals surface area contributed by atoms with Crippen LogP contribution < -0.4 is 0 Å². The van der Waals surface area contributed by atoms with E-state index < -0.39 is 11.8 Å². The number of benzene rings is 1. The summed E-state index contributed by atoms with van der Waals surface area (Å²) in [6.07, 6.45) is 3.85. The third kappa shape index (κ3) is 5.26. The number of piperidine rings is 1. The molecule has 0 radical (unpaired) electrons. The third-order valence-corrected chi connectivity index (χ3v) is 6.10. The zero-order valence-electron chi connectivity index (χ0n) is 18.7. The van der Waals surface area contributed by atoms with Crippen molar-refractivity contribution in [3.05, 3.63) is 58.4 Å². The molecular formula is C23H25Cl2FN4O4. The van der Waals surface area contributed by atoms with Gasteiger partial charge in [0.05, 0.1) is 22.7 Å². The molecule has 11 heteroatoms. The van der Waals surface area contributed by atoms with Crippen LogP contribution in [0, 0.1) is 5.82 Å². The van der Waals surface area contributed by atoms with Crippen LogP contribution in [0.15, 0.2) is 30.7 Å². The van der Waals surface area contributed by atoms with Crippen molar-refractivity contribution in [1.82, 2.24) is 19.4 Å². The SMILES string of the molecule is CC(C)OC(=O)N1CCC(n2cc(F)c3c(Cc4ccc(C(=O)O)cc4Cl)ncnc32)CC1.Cl. The lowest BCUT2D eigenvalue weighted by Gasteiger charge is -2.32. The summed E-state index contributed by atoms with van der Waals surface area (Å²) in [6, 6.07) is 4.43. The number of rotatable bonds is 5. The second-order valence-corrected chi connectivity index (χ2v) is 8.75. The van der Waals surface area contributed by atoms with Gasteiger partial charge in [-0.25, -0.2) is 23.9 Å². The van der Waals surface area contributed by atoms with E-state index in [4.69, 9.17) is 21.4 Å². The Bertz CT molecular complexity index is 1210. The highest BCUT2D eigenvalue weighted by molar-refractivity contribution is 6.31. The quantitative estimate of drug-likeness (QED) is 0.511. The molecule has 1 aliphatic heterocycles. The van der Waals surface area contributed by atoms with Crippen molar-refractivity contribution >= 4 is 47.1 Å². The number of carboxylic acid groups (broad SMARTS) is 1. The number of carboxylic acids is 1. The first kappa shape index (κ1) is 25.7. The van der Waals surface area contributed by atoms with E-state index in [0.717, 1.165) is 0 Å². The van der Waals surface area contributed by atoms with Gasteiger partial charge in [0.2, 0.25) is 0 Å². The maximum Gasteiger partial charge on any atom is 0.410 e. The number of amides is 1. The molecule has 1 fully saturated rings. The van der Waals surface area contributed by atoms with Crippen LogP contribution in [0.3, 0.4) is 0 Å². The number of aromatic nitrogens is 3. The molecule has 1 saturated heterocycles. The fraction of sp³-hybridized carbons (Fsp3) is 0.391. The Balaban J connectivity index is 0.00000324. The van der Waals surface area contributed by atoms with Crippen LogP contribution in [0.1, 0.15) is 54.3 Å². The molecule has 3 heterocycles. The Labute approximate surface area is 207 Å². The van der Waals surface area contributed by atoms with Gasteiger partial charge in [0.15, 0.2) is 5.82 Å². The van der Waals surface area contributed by atoms with E-state index in [1.165, 1.54) is 24.7 Å². The van der Waals surface area contributed by atoms with E-state index in [1.807, 2.05) is 18.4 Å². The van der Waals surface area contributed by atoms with Gasteiger partial charge in [0, 0.05) is 36.8 Å². The van der Waals surface area contributed by atoms with Gasteiger partial charge in [0.25, 0.3) is 0 Å². The largest absolute Gasteiger partial charge is 0.478 e. The molecule has 4 rings (SSSR count). The molecule has 0 atom stereocenters. The van der Waals surface area contributed by atoms with Crippen molar-refractivity contribution in [3.8, 4) is 0 Å². The minimum atomic E-state index is -1.07. The fourth-order valence-corrected chi connectivity index (χ4v) is 4.37. The predicted molar refractivity (Wildman–Crippen MR) is 127 cm³/mol. The van der Waals surface area contributed by atoms with Crippen molar-refractivity contribution < 1.29 is 23.8 Å². The molecule has 182 valence electrons.